The van der Waals surface area contributed by atoms with E-state index in [4.69, 9.17) is 18.5 Å². The zero-order valence-electron chi connectivity index (χ0n) is 36.4. The molecule has 0 saturated heterocycles. The molecule has 14 heteroatoms. The molecule has 13 nitrogen and oxygen atoms in total. The summed E-state index contributed by atoms with van der Waals surface area (Å²) in [6.07, 6.45) is 21.8. The first-order chi connectivity index (χ1) is 27.9. The van der Waals surface area contributed by atoms with Crippen LogP contribution in [0.15, 0.2) is 0 Å². The fourth-order valence-corrected chi connectivity index (χ4v) is 8.38. The van der Waals surface area contributed by atoms with Crippen LogP contribution in [0.25, 0.3) is 0 Å². The summed E-state index contributed by atoms with van der Waals surface area (Å²) in [4.78, 5) is 35.6. The molecular weight excluding hydrogens is 767 g/mol. The highest BCUT2D eigenvalue weighted by molar-refractivity contribution is 7.47. The van der Waals surface area contributed by atoms with Crippen LogP contribution in [-0.2, 0) is 32.7 Å². The molecule has 0 amide bonds. The highest BCUT2D eigenvalue weighted by Crippen LogP contribution is 2.47. The zero-order valence-corrected chi connectivity index (χ0v) is 37.3. The van der Waals surface area contributed by atoms with E-state index >= 15 is 0 Å². The van der Waals surface area contributed by atoms with Crippen LogP contribution >= 0.6 is 7.82 Å². The monoisotopic (exact) mass is 853 g/mol. The van der Waals surface area contributed by atoms with Crippen molar-refractivity contribution in [1.29, 1.82) is 0 Å². The van der Waals surface area contributed by atoms with E-state index < -0.39 is 75.7 Å². The van der Waals surface area contributed by atoms with E-state index in [1.807, 2.05) is 0 Å². The number of carbonyl (C=O) groups excluding carboxylic acids is 2. The van der Waals surface area contributed by atoms with Gasteiger partial charge in [0.1, 0.15) is 43.2 Å². The van der Waals surface area contributed by atoms with Crippen molar-refractivity contribution < 1.29 is 63.1 Å². The molecule has 1 saturated carbocycles. The first-order valence-electron chi connectivity index (χ1n) is 23.3. The number of carbonyl (C=O) groups is 2. The topological polar surface area (TPSA) is 210 Å². The molecule has 6 unspecified atom stereocenters. The van der Waals surface area contributed by atoms with Crippen molar-refractivity contribution in [3.05, 3.63) is 0 Å². The van der Waals surface area contributed by atoms with Gasteiger partial charge in [0, 0.05) is 12.8 Å². The summed E-state index contributed by atoms with van der Waals surface area (Å²) in [5, 5.41) is 50.1. The summed E-state index contributed by atoms with van der Waals surface area (Å²) < 4.78 is 33.5. The lowest BCUT2D eigenvalue weighted by Crippen LogP contribution is -2.64. The fourth-order valence-electron chi connectivity index (χ4n) is 7.41. The number of rotatable bonds is 39. The lowest BCUT2D eigenvalue weighted by Gasteiger charge is -2.41. The van der Waals surface area contributed by atoms with Crippen LogP contribution in [0.4, 0.5) is 0 Å². The van der Waals surface area contributed by atoms with E-state index in [2.05, 4.69) is 13.8 Å². The number of hydrogen-bond donors (Lipinski definition) is 6. The minimum atomic E-state index is -5.11. The predicted octanol–water partition coefficient (Wildman–Crippen LogP) is 8.89. The molecule has 0 radical (unpaired) electrons. The Labute approximate surface area is 351 Å². The Morgan fingerprint density at radius 1 is 0.466 bits per heavy atom. The Bertz CT molecular complexity index is 1030. The SMILES string of the molecule is CCCCCCCCCCCCCCCCCCCCCCC(=O)OC(COC(=O)CCCCCCCCCCC)COP(=O)(O)OC1C(O)C(O)C(O)C(O)C1O. The molecule has 6 N–H and O–H groups in total. The minimum absolute atomic E-state index is 0.105. The molecule has 6 atom stereocenters. The number of hydrogen-bond acceptors (Lipinski definition) is 12. The molecule has 0 spiro atoms. The van der Waals surface area contributed by atoms with Crippen molar-refractivity contribution in [2.24, 2.45) is 0 Å². The summed E-state index contributed by atoms with van der Waals surface area (Å²) in [6.45, 7) is 3.29. The third kappa shape index (κ3) is 27.6. The summed E-state index contributed by atoms with van der Waals surface area (Å²) in [6, 6.07) is 0. The lowest BCUT2D eigenvalue weighted by molar-refractivity contribution is -0.220. The molecule has 344 valence electrons. The van der Waals surface area contributed by atoms with Crippen molar-refractivity contribution in [3.8, 4) is 0 Å². The average Bonchev–Trinajstić information content (AvgIpc) is 3.20. The highest BCUT2D eigenvalue weighted by Gasteiger charge is 2.51. The fraction of sp³-hybridized carbons (Fsp3) is 0.955. The van der Waals surface area contributed by atoms with E-state index in [9.17, 15) is 44.6 Å². The van der Waals surface area contributed by atoms with Crippen LogP contribution in [0, 0.1) is 0 Å². The van der Waals surface area contributed by atoms with Crippen LogP contribution in [0.5, 0.6) is 0 Å². The van der Waals surface area contributed by atoms with Gasteiger partial charge in [-0.15, -0.1) is 0 Å². The molecule has 0 aromatic heterocycles. The van der Waals surface area contributed by atoms with Crippen molar-refractivity contribution in [2.75, 3.05) is 13.2 Å². The smallest absolute Gasteiger partial charge is 0.462 e. The lowest BCUT2D eigenvalue weighted by atomic mass is 9.85. The zero-order chi connectivity index (χ0) is 42.9. The van der Waals surface area contributed by atoms with Crippen molar-refractivity contribution in [2.45, 2.75) is 256 Å². The number of unbranched alkanes of at least 4 members (excludes halogenated alkanes) is 27. The highest BCUT2D eigenvalue weighted by atomic mass is 31.2. The second kappa shape index (κ2) is 35.4. The van der Waals surface area contributed by atoms with E-state index in [-0.39, 0.29) is 12.8 Å². The maximum atomic E-state index is 12.8. The van der Waals surface area contributed by atoms with Gasteiger partial charge in [-0.3, -0.25) is 18.6 Å². The van der Waals surface area contributed by atoms with Gasteiger partial charge < -0.3 is 39.9 Å². The van der Waals surface area contributed by atoms with E-state index in [1.165, 1.54) is 135 Å². The van der Waals surface area contributed by atoms with Crippen molar-refractivity contribution in [1.82, 2.24) is 0 Å². The van der Waals surface area contributed by atoms with Gasteiger partial charge in [-0.2, -0.15) is 0 Å². The normalized spacial score (nSPS) is 22.4. The quantitative estimate of drug-likeness (QED) is 0.0194. The first-order valence-corrected chi connectivity index (χ1v) is 24.8. The molecule has 1 aliphatic carbocycles. The molecular formula is C44H85O13P. The Kier molecular flexibility index (Phi) is 33.5. The van der Waals surface area contributed by atoms with Crippen LogP contribution in [0.1, 0.15) is 213 Å². The van der Waals surface area contributed by atoms with Crippen molar-refractivity contribution in [3.63, 3.8) is 0 Å². The largest absolute Gasteiger partial charge is 0.472 e. The molecule has 1 rings (SSSR count). The number of phosphoric ester groups is 1. The van der Waals surface area contributed by atoms with Gasteiger partial charge in [-0.05, 0) is 12.8 Å². The molecule has 58 heavy (non-hydrogen) atoms. The summed E-state index contributed by atoms with van der Waals surface area (Å²) in [7, 11) is -5.11. The molecule has 0 aromatic carbocycles. The van der Waals surface area contributed by atoms with Gasteiger partial charge in [0.05, 0.1) is 6.61 Å². The standard InChI is InChI=1S/C44H85O13P/c1-3-5-7-9-11-13-14-15-16-17-18-19-20-21-22-23-25-27-29-31-33-38(46)56-36(34-54-37(45)32-30-28-26-24-12-10-8-6-4-2)35-55-58(52,53)57-44-42(50)40(48)39(47)41(49)43(44)51/h36,39-44,47-51H,3-35H2,1-2H3,(H,52,53). The maximum Gasteiger partial charge on any atom is 0.472 e. The Morgan fingerprint density at radius 2 is 0.776 bits per heavy atom. The molecule has 0 aromatic rings. The summed E-state index contributed by atoms with van der Waals surface area (Å²) >= 11 is 0. The number of ether oxygens (including phenoxy) is 2. The van der Waals surface area contributed by atoms with E-state index in [1.54, 1.807) is 0 Å². The van der Waals surface area contributed by atoms with E-state index in [0.717, 1.165) is 38.5 Å². The number of esters is 2. The van der Waals surface area contributed by atoms with Gasteiger partial charge in [-0.25, -0.2) is 4.57 Å². The predicted molar refractivity (Wildman–Crippen MR) is 226 cm³/mol. The summed E-state index contributed by atoms with van der Waals surface area (Å²) in [5.74, 6) is -1.09. The van der Waals surface area contributed by atoms with Crippen LogP contribution in [0.3, 0.4) is 0 Å². The minimum Gasteiger partial charge on any atom is -0.462 e. The van der Waals surface area contributed by atoms with Gasteiger partial charge in [-0.1, -0.05) is 187 Å². The van der Waals surface area contributed by atoms with Crippen LogP contribution < -0.4 is 0 Å². The molecule has 0 aliphatic heterocycles. The second-order valence-corrected chi connectivity index (χ2v) is 18.0. The summed E-state index contributed by atoms with van der Waals surface area (Å²) in [5.41, 5.74) is 0. The first kappa shape index (κ1) is 54.9. The third-order valence-corrected chi connectivity index (χ3v) is 12.2. The number of aliphatic hydroxyl groups excluding tert-OH is 5. The number of phosphoric acid groups is 1. The average molecular weight is 853 g/mol. The Hall–Kier alpha value is -1.15. The Balaban J connectivity index is 2.38. The van der Waals surface area contributed by atoms with Gasteiger partial charge in [0.15, 0.2) is 6.10 Å². The Morgan fingerprint density at radius 3 is 1.14 bits per heavy atom. The van der Waals surface area contributed by atoms with Crippen LogP contribution in [-0.4, -0.2) is 98.3 Å². The number of aliphatic hydroxyl groups is 5. The van der Waals surface area contributed by atoms with Crippen molar-refractivity contribution >= 4 is 19.8 Å². The molecule has 0 bridgehead atoms. The molecule has 0 heterocycles. The van der Waals surface area contributed by atoms with Gasteiger partial charge in [0.25, 0.3) is 0 Å². The van der Waals surface area contributed by atoms with Gasteiger partial charge in [0.2, 0.25) is 0 Å². The third-order valence-electron chi connectivity index (χ3n) is 11.2. The molecule has 1 fully saturated rings. The van der Waals surface area contributed by atoms with E-state index in [0.29, 0.717) is 12.8 Å². The van der Waals surface area contributed by atoms with Crippen LogP contribution in [0.2, 0.25) is 0 Å². The maximum absolute atomic E-state index is 12.8. The second-order valence-electron chi connectivity index (χ2n) is 16.6. The molecule has 1 aliphatic rings. The van der Waals surface area contributed by atoms with Gasteiger partial charge >= 0.3 is 19.8 Å².